The standard InChI is InChI=1S/C10H19N3O2S/c1-3-5-6-16(14,15)12-8-10-7-11-13(4-2)9-10/h7,9,12H,3-6,8H2,1-2H3. The van der Waals surface area contributed by atoms with E-state index >= 15 is 0 Å². The van der Waals surface area contributed by atoms with Crippen molar-refractivity contribution in [1.82, 2.24) is 14.5 Å². The monoisotopic (exact) mass is 245 g/mol. The van der Waals surface area contributed by atoms with Crippen molar-refractivity contribution in [2.24, 2.45) is 0 Å². The largest absolute Gasteiger partial charge is 0.273 e. The van der Waals surface area contributed by atoms with Crippen LogP contribution < -0.4 is 4.72 Å². The normalized spacial score (nSPS) is 11.9. The maximum absolute atomic E-state index is 11.5. The van der Waals surface area contributed by atoms with Gasteiger partial charge in [-0.1, -0.05) is 13.3 Å². The molecule has 1 heterocycles. The molecule has 0 atom stereocenters. The molecule has 0 aliphatic rings. The van der Waals surface area contributed by atoms with E-state index in [0.717, 1.165) is 18.5 Å². The number of aryl methyl sites for hydroxylation is 1. The van der Waals surface area contributed by atoms with Gasteiger partial charge in [0.25, 0.3) is 0 Å². The van der Waals surface area contributed by atoms with Crippen LogP contribution in [0.1, 0.15) is 32.3 Å². The van der Waals surface area contributed by atoms with E-state index < -0.39 is 10.0 Å². The Morgan fingerprint density at radius 1 is 1.44 bits per heavy atom. The lowest BCUT2D eigenvalue weighted by Crippen LogP contribution is -2.25. The SMILES string of the molecule is CCCCS(=O)(=O)NCc1cnn(CC)c1. The van der Waals surface area contributed by atoms with E-state index in [2.05, 4.69) is 9.82 Å². The van der Waals surface area contributed by atoms with E-state index in [0.29, 0.717) is 13.0 Å². The third kappa shape index (κ3) is 4.32. The first kappa shape index (κ1) is 13.2. The Hall–Kier alpha value is -0.880. The van der Waals surface area contributed by atoms with Crippen molar-refractivity contribution in [2.45, 2.75) is 39.8 Å². The molecule has 0 unspecified atom stereocenters. The van der Waals surface area contributed by atoms with Gasteiger partial charge in [-0.25, -0.2) is 13.1 Å². The molecule has 1 aromatic heterocycles. The van der Waals surface area contributed by atoms with E-state index in [-0.39, 0.29) is 5.75 Å². The molecule has 0 spiro atoms. The van der Waals surface area contributed by atoms with Gasteiger partial charge in [-0.05, 0) is 13.3 Å². The van der Waals surface area contributed by atoms with Crippen LogP contribution in [0.25, 0.3) is 0 Å². The third-order valence-electron chi connectivity index (χ3n) is 2.27. The molecule has 6 heteroatoms. The van der Waals surface area contributed by atoms with Crippen molar-refractivity contribution >= 4 is 10.0 Å². The molecule has 0 amide bonds. The highest BCUT2D eigenvalue weighted by Gasteiger charge is 2.09. The lowest BCUT2D eigenvalue weighted by molar-refractivity contribution is 0.578. The molecule has 92 valence electrons. The summed E-state index contributed by atoms with van der Waals surface area (Å²) in [5, 5.41) is 4.08. The maximum Gasteiger partial charge on any atom is 0.211 e. The van der Waals surface area contributed by atoms with Crippen molar-refractivity contribution in [3.63, 3.8) is 0 Å². The quantitative estimate of drug-likeness (QED) is 0.783. The molecule has 0 aromatic carbocycles. The topological polar surface area (TPSA) is 64.0 Å². The van der Waals surface area contributed by atoms with Crippen LogP contribution in [0.5, 0.6) is 0 Å². The molecule has 1 rings (SSSR count). The van der Waals surface area contributed by atoms with Crippen LogP contribution in [-0.2, 0) is 23.1 Å². The van der Waals surface area contributed by atoms with Gasteiger partial charge in [-0.2, -0.15) is 5.10 Å². The first-order valence-corrected chi connectivity index (χ1v) is 7.21. The predicted octanol–water partition coefficient (Wildman–Crippen LogP) is 1.12. The fraction of sp³-hybridized carbons (Fsp3) is 0.700. The van der Waals surface area contributed by atoms with Gasteiger partial charge in [-0.15, -0.1) is 0 Å². The molecule has 1 aromatic rings. The molecule has 5 nitrogen and oxygen atoms in total. The van der Waals surface area contributed by atoms with Gasteiger partial charge < -0.3 is 0 Å². The Labute approximate surface area is 96.9 Å². The van der Waals surface area contributed by atoms with Crippen molar-refractivity contribution in [3.8, 4) is 0 Å². The Bertz CT molecular complexity index is 411. The van der Waals surface area contributed by atoms with Crippen LogP contribution in [-0.4, -0.2) is 24.0 Å². The summed E-state index contributed by atoms with van der Waals surface area (Å²) in [5.41, 5.74) is 0.891. The molecule has 0 aliphatic carbocycles. The van der Waals surface area contributed by atoms with Crippen LogP contribution >= 0.6 is 0 Å². The molecule has 1 N–H and O–H groups in total. The first-order valence-electron chi connectivity index (χ1n) is 5.56. The summed E-state index contributed by atoms with van der Waals surface area (Å²) in [6.07, 6.45) is 5.12. The summed E-state index contributed by atoms with van der Waals surface area (Å²) >= 11 is 0. The number of nitrogens with one attached hydrogen (secondary N) is 1. The second kappa shape index (κ2) is 6.00. The number of hydrogen-bond donors (Lipinski definition) is 1. The summed E-state index contributed by atoms with van der Waals surface area (Å²) in [5.74, 6) is 0.200. The lowest BCUT2D eigenvalue weighted by atomic mass is 10.4. The number of unbranched alkanes of at least 4 members (excludes halogenated alkanes) is 1. The van der Waals surface area contributed by atoms with Crippen molar-refractivity contribution in [2.75, 3.05) is 5.75 Å². The van der Waals surface area contributed by atoms with E-state index in [9.17, 15) is 8.42 Å². The average Bonchev–Trinajstić information content (AvgIpc) is 2.72. The summed E-state index contributed by atoms with van der Waals surface area (Å²) < 4.78 is 27.3. The second-order valence-corrected chi connectivity index (χ2v) is 5.62. The molecule has 0 bridgehead atoms. The summed E-state index contributed by atoms with van der Waals surface area (Å²) in [6.45, 7) is 5.08. The van der Waals surface area contributed by atoms with Crippen LogP contribution in [0, 0.1) is 0 Å². The minimum Gasteiger partial charge on any atom is -0.273 e. The smallest absolute Gasteiger partial charge is 0.211 e. The van der Waals surface area contributed by atoms with E-state index in [1.54, 1.807) is 10.9 Å². The number of nitrogens with zero attached hydrogens (tertiary/aromatic N) is 2. The summed E-state index contributed by atoms with van der Waals surface area (Å²) in [7, 11) is -3.13. The Morgan fingerprint density at radius 3 is 2.75 bits per heavy atom. The Morgan fingerprint density at radius 2 is 2.19 bits per heavy atom. The van der Waals surface area contributed by atoms with Gasteiger partial charge in [0, 0.05) is 24.8 Å². The molecule has 0 saturated heterocycles. The Balaban J connectivity index is 2.44. The number of sulfonamides is 1. The molecule has 0 fully saturated rings. The minimum atomic E-state index is -3.13. The lowest BCUT2D eigenvalue weighted by Gasteiger charge is -2.03. The Kier molecular flexibility index (Phi) is 4.95. The minimum absolute atomic E-state index is 0.200. The van der Waals surface area contributed by atoms with Crippen LogP contribution in [0.15, 0.2) is 12.4 Å². The summed E-state index contributed by atoms with van der Waals surface area (Å²) in [4.78, 5) is 0. The third-order valence-corrected chi connectivity index (χ3v) is 3.68. The van der Waals surface area contributed by atoms with Crippen LogP contribution in [0.2, 0.25) is 0 Å². The predicted molar refractivity (Wildman–Crippen MR) is 63.4 cm³/mol. The van der Waals surface area contributed by atoms with Gasteiger partial charge in [0.1, 0.15) is 0 Å². The van der Waals surface area contributed by atoms with E-state index in [4.69, 9.17) is 0 Å². The zero-order valence-corrected chi connectivity index (χ0v) is 10.6. The fourth-order valence-corrected chi connectivity index (χ4v) is 2.47. The van der Waals surface area contributed by atoms with Crippen molar-refractivity contribution in [1.29, 1.82) is 0 Å². The molecule has 0 radical (unpaired) electrons. The number of aromatic nitrogens is 2. The van der Waals surface area contributed by atoms with Gasteiger partial charge in [0.05, 0.1) is 11.9 Å². The van der Waals surface area contributed by atoms with Crippen molar-refractivity contribution in [3.05, 3.63) is 18.0 Å². The molecule has 16 heavy (non-hydrogen) atoms. The molecular weight excluding hydrogens is 226 g/mol. The highest BCUT2D eigenvalue weighted by atomic mass is 32.2. The van der Waals surface area contributed by atoms with Gasteiger partial charge in [-0.3, -0.25) is 4.68 Å². The van der Waals surface area contributed by atoms with Crippen LogP contribution in [0.3, 0.4) is 0 Å². The van der Waals surface area contributed by atoms with E-state index in [1.165, 1.54) is 0 Å². The zero-order valence-electron chi connectivity index (χ0n) is 9.81. The summed E-state index contributed by atoms with van der Waals surface area (Å²) in [6, 6.07) is 0. The van der Waals surface area contributed by atoms with Gasteiger partial charge in [0.2, 0.25) is 10.0 Å². The average molecular weight is 245 g/mol. The van der Waals surface area contributed by atoms with Gasteiger partial charge in [0.15, 0.2) is 0 Å². The first-order chi connectivity index (χ1) is 7.57. The molecule has 0 aliphatic heterocycles. The van der Waals surface area contributed by atoms with Crippen molar-refractivity contribution < 1.29 is 8.42 Å². The number of hydrogen-bond acceptors (Lipinski definition) is 3. The molecule has 0 saturated carbocycles. The zero-order chi connectivity index (χ0) is 12.0. The maximum atomic E-state index is 11.5. The highest BCUT2D eigenvalue weighted by molar-refractivity contribution is 7.89. The van der Waals surface area contributed by atoms with E-state index in [1.807, 2.05) is 20.0 Å². The van der Waals surface area contributed by atoms with Crippen LogP contribution in [0.4, 0.5) is 0 Å². The molecular formula is C10H19N3O2S. The number of rotatable bonds is 7. The van der Waals surface area contributed by atoms with Gasteiger partial charge >= 0.3 is 0 Å². The fourth-order valence-electron chi connectivity index (χ4n) is 1.27. The highest BCUT2D eigenvalue weighted by Crippen LogP contribution is 2.00. The second-order valence-electron chi connectivity index (χ2n) is 3.70.